The first kappa shape index (κ1) is 24.8. The van der Waals surface area contributed by atoms with Crippen molar-refractivity contribution in [2.24, 2.45) is 0 Å². The molecule has 1 aromatic heterocycles. The van der Waals surface area contributed by atoms with E-state index in [4.69, 9.17) is 19.6 Å². The van der Waals surface area contributed by atoms with Crippen LogP contribution in [0.3, 0.4) is 0 Å². The fourth-order valence-electron chi connectivity index (χ4n) is 3.69. The van der Waals surface area contributed by atoms with Gasteiger partial charge >= 0.3 is 0 Å². The van der Waals surface area contributed by atoms with Crippen LogP contribution >= 0.6 is 0 Å². The van der Waals surface area contributed by atoms with Crippen molar-refractivity contribution in [2.75, 3.05) is 30.8 Å². The zero-order valence-corrected chi connectivity index (χ0v) is 20.2. The van der Waals surface area contributed by atoms with Crippen LogP contribution in [-0.2, 0) is 4.74 Å². The average molecular weight is 488 g/mol. The molecule has 0 aliphatic rings. The van der Waals surface area contributed by atoms with E-state index in [9.17, 15) is 9.59 Å². The molecule has 186 valence electrons. The van der Waals surface area contributed by atoms with Crippen LogP contribution in [0, 0.1) is 0 Å². The lowest BCUT2D eigenvalue weighted by Crippen LogP contribution is -2.27. The Morgan fingerprint density at radius 1 is 1.00 bits per heavy atom. The topological polar surface area (TPSA) is 116 Å². The van der Waals surface area contributed by atoms with Crippen LogP contribution in [0.25, 0.3) is 11.0 Å². The molecule has 3 aromatic carbocycles. The number of rotatable bonds is 10. The molecule has 8 nitrogen and oxygen atoms in total. The van der Waals surface area contributed by atoms with Crippen molar-refractivity contribution in [3.63, 3.8) is 0 Å². The number of para-hydroxylation sites is 2. The van der Waals surface area contributed by atoms with Gasteiger partial charge in [-0.3, -0.25) is 9.59 Å². The summed E-state index contributed by atoms with van der Waals surface area (Å²) in [4.78, 5) is 24.9. The van der Waals surface area contributed by atoms with Gasteiger partial charge in [0, 0.05) is 17.6 Å². The van der Waals surface area contributed by atoms with Crippen LogP contribution in [0.1, 0.15) is 46.4 Å². The highest BCUT2D eigenvalue weighted by molar-refractivity contribution is 6.05. The monoisotopic (exact) mass is 487 g/mol. The molecule has 0 saturated heterocycles. The summed E-state index contributed by atoms with van der Waals surface area (Å²) < 4.78 is 17.0. The van der Waals surface area contributed by atoms with E-state index in [1.54, 1.807) is 54.6 Å². The minimum absolute atomic E-state index is 0.0509. The number of anilines is 2. The average Bonchev–Trinajstić information content (AvgIpc) is 3.32. The minimum Gasteiger partial charge on any atom is -0.492 e. The molecule has 0 spiro atoms. The van der Waals surface area contributed by atoms with Gasteiger partial charge in [-0.15, -0.1) is 0 Å². The van der Waals surface area contributed by atoms with Crippen LogP contribution in [0.5, 0.6) is 5.75 Å². The Bertz CT molecular complexity index is 1350. The zero-order valence-electron chi connectivity index (χ0n) is 20.2. The largest absolute Gasteiger partial charge is 0.492 e. The first-order valence-electron chi connectivity index (χ1n) is 11.8. The molecular weight excluding hydrogens is 458 g/mol. The van der Waals surface area contributed by atoms with Crippen molar-refractivity contribution < 1.29 is 23.5 Å². The highest BCUT2D eigenvalue weighted by atomic mass is 16.5. The van der Waals surface area contributed by atoms with Crippen LogP contribution < -0.4 is 21.1 Å². The van der Waals surface area contributed by atoms with Gasteiger partial charge in [0.25, 0.3) is 11.8 Å². The van der Waals surface area contributed by atoms with Gasteiger partial charge in [0.15, 0.2) is 5.76 Å². The number of amides is 2. The van der Waals surface area contributed by atoms with E-state index in [0.717, 1.165) is 10.9 Å². The van der Waals surface area contributed by atoms with Crippen molar-refractivity contribution in [3.05, 3.63) is 89.7 Å². The Labute approximate surface area is 209 Å². The Morgan fingerprint density at radius 3 is 2.53 bits per heavy atom. The van der Waals surface area contributed by atoms with E-state index >= 15 is 0 Å². The lowest BCUT2D eigenvalue weighted by molar-refractivity contribution is 0.0764. The van der Waals surface area contributed by atoms with Gasteiger partial charge in [-0.2, -0.15) is 0 Å². The van der Waals surface area contributed by atoms with Crippen molar-refractivity contribution in [1.29, 1.82) is 0 Å². The number of ether oxygens (including phenoxy) is 2. The quantitative estimate of drug-likeness (QED) is 0.210. The maximum atomic E-state index is 12.5. The Kier molecular flexibility index (Phi) is 7.87. The predicted octanol–water partition coefficient (Wildman–Crippen LogP) is 5.17. The minimum atomic E-state index is -0.318. The molecule has 0 fully saturated rings. The van der Waals surface area contributed by atoms with E-state index in [1.165, 1.54) is 0 Å². The van der Waals surface area contributed by atoms with Crippen LogP contribution in [0.4, 0.5) is 11.4 Å². The molecule has 1 atom stereocenters. The molecule has 0 saturated carbocycles. The summed E-state index contributed by atoms with van der Waals surface area (Å²) in [6, 6.07) is 21.3. The molecule has 1 unspecified atom stereocenters. The summed E-state index contributed by atoms with van der Waals surface area (Å²) in [5.74, 6) is 0.235. The number of nitrogens with one attached hydrogen (secondary N) is 2. The predicted molar refractivity (Wildman–Crippen MR) is 139 cm³/mol. The molecule has 0 aliphatic heterocycles. The summed E-state index contributed by atoms with van der Waals surface area (Å²) in [5.41, 5.74) is 9.03. The lowest BCUT2D eigenvalue weighted by atomic mass is 10.1. The fraction of sp³-hybridized carbons (Fsp3) is 0.214. The first-order valence-corrected chi connectivity index (χ1v) is 11.8. The highest BCUT2D eigenvalue weighted by Gasteiger charge is 2.14. The second-order valence-electron chi connectivity index (χ2n) is 8.18. The number of fused-ring (bicyclic) bond motifs is 1. The van der Waals surface area contributed by atoms with Crippen molar-refractivity contribution >= 4 is 34.2 Å². The Balaban J connectivity index is 1.25. The molecule has 0 bridgehead atoms. The molecule has 1 heterocycles. The van der Waals surface area contributed by atoms with Gasteiger partial charge in [0.1, 0.15) is 17.9 Å². The molecule has 4 aromatic rings. The number of carbonyl (C=O) groups excluding carboxylic acids is 2. The fourth-order valence-corrected chi connectivity index (χ4v) is 3.69. The molecule has 8 heteroatoms. The molecule has 4 rings (SSSR count). The van der Waals surface area contributed by atoms with E-state index < -0.39 is 0 Å². The number of hydrogen-bond donors (Lipinski definition) is 3. The van der Waals surface area contributed by atoms with E-state index in [2.05, 4.69) is 10.6 Å². The normalized spacial score (nSPS) is 11.7. The summed E-state index contributed by atoms with van der Waals surface area (Å²) in [5, 5.41) is 6.42. The summed E-state index contributed by atoms with van der Waals surface area (Å²) in [7, 11) is 0. The summed E-state index contributed by atoms with van der Waals surface area (Å²) in [6.45, 7) is 5.10. The molecular formula is C28H29N3O5. The van der Waals surface area contributed by atoms with Crippen molar-refractivity contribution in [1.82, 2.24) is 5.32 Å². The molecule has 4 N–H and O–H groups in total. The van der Waals surface area contributed by atoms with Gasteiger partial charge < -0.3 is 30.3 Å². The number of hydrogen-bond acceptors (Lipinski definition) is 6. The maximum absolute atomic E-state index is 12.5. The molecule has 2 amide bonds. The number of carbonyl (C=O) groups is 2. The second kappa shape index (κ2) is 11.4. The molecule has 0 aliphatic carbocycles. The van der Waals surface area contributed by atoms with Crippen molar-refractivity contribution in [3.8, 4) is 5.75 Å². The third-order valence-corrected chi connectivity index (χ3v) is 5.64. The Hall–Kier alpha value is -4.30. The van der Waals surface area contributed by atoms with Crippen molar-refractivity contribution in [2.45, 2.75) is 20.0 Å². The molecule has 36 heavy (non-hydrogen) atoms. The van der Waals surface area contributed by atoms with E-state index in [0.29, 0.717) is 34.9 Å². The first-order chi connectivity index (χ1) is 17.4. The van der Waals surface area contributed by atoms with Gasteiger partial charge in [-0.05, 0) is 67.9 Å². The zero-order chi connectivity index (χ0) is 25.5. The lowest BCUT2D eigenvalue weighted by Gasteiger charge is -2.11. The Morgan fingerprint density at radius 2 is 1.78 bits per heavy atom. The van der Waals surface area contributed by atoms with E-state index in [-0.39, 0.29) is 36.8 Å². The van der Waals surface area contributed by atoms with E-state index in [1.807, 2.05) is 32.0 Å². The number of benzene rings is 3. The number of nitrogen functional groups attached to an aromatic ring is 1. The van der Waals surface area contributed by atoms with Crippen LogP contribution in [0.15, 0.2) is 77.2 Å². The van der Waals surface area contributed by atoms with Gasteiger partial charge in [0.05, 0.1) is 24.0 Å². The highest BCUT2D eigenvalue weighted by Crippen LogP contribution is 2.25. The maximum Gasteiger partial charge on any atom is 0.287 e. The van der Waals surface area contributed by atoms with Gasteiger partial charge in [-0.1, -0.05) is 24.3 Å². The third-order valence-electron chi connectivity index (χ3n) is 5.64. The summed E-state index contributed by atoms with van der Waals surface area (Å²) >= 11 is 0. The third kappa shape index (κ3) is 6.03. The number of nitrogens with two attached hydrogens (primary N) is 1. The summed E-state index contributed by atoms with van der Waals surface area (Å²) in [6.07, 6.45) is -0.0509. The second-order valence-corrected chi connectivity index (χ2v) is 8.18. The smallest absolute Gasteiger partial charge is 0.287 e. The van der Waals surface area contributed by atoms with Gasteiger partial charge in [-0.25, -0.2) is 0 Å². The SMILES string of the molecule is CCOC(C)c1ccc2cc(C(=O)NCCOc3ccc(C(=O)Nc4ccccc4N)cc3)oc2c1. The standard InChI is InChI=1S/C28H29N3O5/c1-3-34-18(2)20-8-9-21-17-26(36-25(21)16-20)28(33)30-14-15-35-22-12-10-19(11-13-22)27(32)31-24-7-5-4-6-23(24)29/h4-13,16-18H,3,14-15,29H2,1-2H3,(H,30,33)(H,31,32). The van der Waals surface area contributed by atoms with Gasteiger partial charge in [0.2, 0.25) is 0 Å². The van der Waals surface area contributed by atoms with Crippen LogP contribution in [0.2, 0.25) is 0 Å². The van der Waals surface area contributed by atoms with Crippen LogP contribution in [-0.4, -0.2) is 31.6 Å². The number of furan rings is 1. The molecule has 0 radical (unpaired) electrons.